The summed E-state index contributed by atoms with van der Waals surface area (Å²) < 4.78 is 10.6. The highest BCUT2D eigenvalue weighted by molar-refractivity contribution is 6.34. The van der Waals surface area contributed by atoms with Gasteiger partial charge in [-0.1, -0.05) is 11.6 Å². The highest BCUT2D eigenvalue weighted by atomic mass is 35.5. The van der Waals surface area contributed by atoms with Gasteiger partial charge >= 0.3 is 0 Å². The summed E-state index contributed by atoms with van der Waals surface area (Å²) in [5.41, 5.74) is 8.18. The number of nitrogens with two attached hydrogens (primary N) is 2. The first-order chi connectivity index (χ1) is 7.65. The molecule has 0 saturated heterocycles. The molecular weight excluding hydrogens is 234 g/mol. The minimum Gasteiger partial charge on any atom is -0.485 e. The van der Waals surface area contributed by atoms with Crippen molar-refractivity contribution in [3.8, 4) is 11.5 Å². The molecule has 0 spiro atoms. The molecule has 1 amide bonds. The first-order valence-corrected chi connectivity index (χ1v) is 4.91. The number of amides is 1. The predicted molar refractivity (Wildman–Crippen MR) is 58.5 cm³/mol. The number of carbonyl (C=O) groups is 1. The van der Waals surface area contributed by atoms with Crippen LogP contribution in [0.5, 0.6) is 11.5 Å². The molecule has 1 aromatic rings. The normalized spacial score (nSPS) is 13.4. The molecule has 1 heterocycles. The van der Waals surface area contributed by atoms with Crippen molar-refractivity contribution in [1.29, 1.82) is 0 Å². The zero-order chi connectivity index (χ0) is 11.7. The lowest BCUT2D eigenvalue weighted by Crippen LogP contribution is -2.31. The Morgan fingerprint density at radius 2 is 2.00 bits per heavy atom. The first-order valence-electron chi connectivity index (χ1n) is 4.53. The van der Waals surface area contributed by atoms with Crippen LogP contribution in [0, 0.1) is 0 Å². The number of hydrazine groups is 1. The number of hydrogen-bond acceptors (Lipinski definition) is 5. The van der Waals surface area contributed by atoms with Crippen LogP contribution in [0.1, 0.15) is 10.4 Å². The van der Waals surface area contributed by atoms with Crippen LogP contribution in [0.2, 0.25) is 5.02 Å². The zero-order valence-electron chi connectivity index (χ0n) is 8.25. The van der Waals surface area contributed by atoms with Crippen molar-refractivity contribution in [2.75, 3.05) is 18.9 Å². The number of nitrogen functional groups attached to an aromatic ring is 2. The summed E-state index contributed by atoms with van der Waals surface area (Å²) in [6, 6.07) is 1.40. The predicted octanol–water partition coefficient (Wildman–Crippen LogP) is 0.297. The van der Waals surface area contributed by atoms with Gasteiger partial charge in [-0.15, -0.1) is 0 Å². The fourth-order valence-electron chi connectivity index (χ4n) is 1.44. The highest BCUT2D eigenvalue weighted by Crippen LogP contribution is 2.43. The van der Waals surface area contributed by atoms with Gasteiger partial charge in [0.15, 0.2) is 11.5 Å². The van der Waals surface area contributed by atoms with E-state index in [-0.39, 0.29) is 27.8 Å². The van der Waals surface area contributed by atoms with E-state index in [9.17, 15) is 4.79 Å². The molecule has 0 radical (unpaired) electrons. The maximum absolute atomic E-state index is 11.5. The summed E-state index contributed by atoms with van der Waals surface area (Å²) in [5.74, 6) is 5.11. The topological polar surface area (TPSA) is 99.6 Å². The van der Waals surface area contributed by atoms with E-state index in [0.717, 1.165) is 0 Å². The molecule has 5 N–H and O–H groups in total. The minimum absolute atomic E-state index is 0.205. The Labute approximate surface area is 96.4 Å². The van der Waals surface area contributed by atoms with Crippen molar-refractivity contribution in [2.24, 2.45) is 5.84 Å². The van der Waals surface area contributed by atoms with Gasteiger partial charge in [-0.3, -0.25) is 10.2 Å². The molecule has 1 aliphatic heterocycles. The lowest BCUT2D eigenvalue weighted by Gasteiger charge is -2.22. The van der Waals surface area contributed by atoms with E-state index in [4.69, 9.17) is 32.7 Å². The second-order valence-electron chi connectivity index (χ2n) is 3.15. The van der Waals surface area contributed by atoms with Crippen molar-refractivity contribution >= 4 is 23.2 Å². The SMILES string of the molecule is NNC(=O)c1cc(Cl)c(N)c2c1OCCO2. The number of anilines is 1. The number of ether oxygens (including phenoxy) is 2. The lowest BCUT2D eigenvalue weighted by molar-refractivity contribution is 0.0943. The molecule has 1 aromatic carbocycles. The number of benzene rings is 1. The Bertz CT molecular complexity index is 450. The number of rotatable bonds is 1. The Balaban J connectivity index is 2.61. The quantitative estimate of drug-likeness (QED) is 0.285. The van der Waals surface area contributed by atoms with Crippen LogP contribution in [-0.4, -0.2) is 19.1 Å². The third-order valence-corrected chi connectivity index (χ3v) is 2.49. The number of carbonyl (C=O) groups excluding carboxylic acids is 1. The van der Waals surface area contributed by atoms with Crippen LogP contribution in [-0.2, 0) is 0 Å². The molecule has 0 saturated carbocycles. The molecule has 0 aliphatic carbocycles. The van der Waals surface area contributed by atoms with Crippen molar-refractivity contribution in [3.05, 3.63) is 16.7 Å². The summed E-state index contributed by atoms with van der Waals surface area (Å²) in [6.07, 6.45) is 0. The van der Waals surface area contributed by atoms with Crippen molar-refractivity contribution in [1.82, 2.24) is 5.43 Å². The van der Waals surface area contributed by atoms with Gasteiger partial charge in [0.05, 0.1) is 16.3 Å². The van der Waals surface area contributed by atoms with Crippen molar-refractivity contribution < 1.29 is 14.3 Å². The Morgan fingerprint density at radius 1 is 1.38 bits per heavy atom. The van der Waals surface area contributed by atoms with Gasteiger partial charge in [-0.2, -0.15) is 0 Å². The Hall–Kier alpha value is -1.66. The molecule has 16 heavy (non-hydrogen) atoms. The van der Waals surface area contributed by atoms with Crippen LogP contribution in [0.4, 0.5) is 5.69 Å². The summed E-state index contributed by atoms with van der Waals surface area (Å²) in [7, 11) is 0. The summed E-state index contributed by atoms with van der Waals surface area (Å²) in [5, 5.41) is 0.225. The molecular formula is C9H10ClN3O3. The minimum atomic E-state index is -0.511. The second-order valence-corrected chi connectivity index (χ2v) is 3.56. The molecule has 86 valence electrons. The van der Waals surface area contributed by atoms with Crippen molar-refractivity contribution in [2.45, 2.75) is 0 Å². The van der Waals surface area contributed by atoms with Gasteiger partial charge < -0.3 is 15.2 Å². The average molecular weight is 244 g/mol. The van der Waals surface area contributed by atoms with E-state index in [2.05, 4.69) is 0 Å². The second kappa shape index (κ2) is 4.07. The van der Waals surface area contributed by atoms with Crippen LogP contribution in [0.25, 0.3) is 0 Å². The molecule has 1 aliphatic rings. The third-order valence-electron chi connectivity index (χ3n) is 2.18. The van der Waals surface area contributed by atoms with E-state index in [1.54, 1.807) is 0 Å². The van der Waals surface area contributed by atoms with Gasteiger partial charge in [-0.05, 0) is 6.07 Å². The van der Waals surface area contributed by atoms with E-state index in [1.165, 1.54) is 6.07 Å². The van der Waals surface area contributed by atoms with Gasteiger partial charge in [0.2, 0.25) is 0 Å². The average Bonchev–Trinajstić information content (AvgIpc) is 2.33. The smallest absolute Gasteiger partial charge is 0.269 e. The number of hydrogen-bond donors (Lipinski definition) is 3. The highest BCUT2D eigenvalue weighted by Gasteiger charge is 2.24. The number of nitrogens with one attached hydrogen (secondary N) is 1. The largest absolute Gasteiger partial charge is 0.485 e. The third kappa shape index (κ3) is 1.62. The molecule has 0 aromatic heterocycles. The maximum atomic E-state index is 11.5. The summed E-state index contributed by atoms with van der Waals surface area (Å²) >= 11 is 5.87. The van der Waals surface area contributed by atoms with Gasteiger partial charge in [-0.25, -0.2) is 5.84 Å². The zero-order valence-corrected chi connectivity index (χ0v) is 9.00. The van der Waals surface area contributed by atoms with Gasteiger partial charge in [0.25, 0.3) is 5.91 Å². The first kappa shape index (κ1) is 10.8. The molecule has 0 atom stereocenters. The molecule has 0 fully saturated rings. The van der Waals surface area contributed by atoms with Crippen LogP contribution in [0.3, 0.4) is 0 Å². The molecule has 0 bridgehead atoms. The van der Waals surface area contributed by atoms with Gasteiger partial charge in [0, 0.05) is 0 Å². The fraction of sp³-hybridized carbons (Fsp3) is 0.222. The van der Waals surface area contributed by atoms with Crippen LogP contribution < -0.4 is 26.5 Å². The lowest BCUT2D eigenvalue weighted by atomic mass is 10.1. The Morgan fingerprint density at radius 3 is 2.62 bits per heavy atom. The van der Waals surface area contributed by atoms with E-state index in [1.807, 2.05) is 5.43 Å². The maximum Gasteiger partial charge on any atom is 0.269 e. The van der Waals surface area contributed by atoms with E-state index >= 15 is 0 Å². The van der Waals surface area contributed by atoms with E-state index in [0.29, 0.717) is 13.2 Å². The van der Waals surface area contributed by atoms with Crippen molar-refractivity contribution in [3.63, 3.8) is 0 Å². The number of fused-ring (bicyclic) bond motifs is 1. The van der Waals surface area contributed by atoms with Crippen LogP contribution >= 0.6 is 11.6 Å². The molecule has 0 unspecified atom stereocenters. The summed E-state index contributed by atoms with van der Waals surface area (Å²) in [6.45, 7) is 0.708. The standard InChI is InChI=1S/C9H10ClN3O3/c10-5-3-4(9(14)13-12)7-8(6(5)11)16-2-1-15-7/h3H,1-2,11-12H2,(H,13,14). The van der Waals surface area contributed by atoms with Gasteiger partial charge in [0.1, 0.15) is 13.2 Å². The molecule has 2 rings (SSSR count). The monoisotopic (exact) mass is 243 g/mol. The molecule has 6 nitrogen and oxygen atoms in total. The van der Waals surface area contributed by atoms with E-state index < -0.39 is 5.91 Å². The fourth-order valence-corrected chi connectivity index (χ4v) is 1.64. The summed E-state index contributed by atoms with van der Waals surface area (Å²) in [4.78, 5) is 11.5. The number of halogens is 1. The van der Waals surface area contributed by atoms with Crippen LogP contribution in [0.15, 0.2) is 6.07 Å². The molecule has 7 heteroatoms. The Kier molecular flexibility index (Phi) is 2.76.